The summed E-state index contributed by atoms with van der Waals surface area (Å²) >= 11 is 0. The van der Waals surface area contributed by atoms with Crippen molar-refractivity contribution < 1.29 is 13.2 Å². The van der Waals surface area contributed by atoms with Gasteiger partial charge in [0.05, 0.1) is 29.0 Å². The van der Waals surface area contributed by atoms with Crippen LogP contribution >= 0.6 is 0 Å². The van der Waals surface area contributed by atoms with Crippen molar-refractivity contribution in [1.82, 2.24) is 9.55 Å². The summed E-state index contributed by atoms with van der Waals surface area (Å²) in [4.78, 5) is 8.77. The molecule has 0 N–H and O–H groups in total. The normalized spacial score (nSPS) is 11.3. The molecular weight excluding hydrogens is 387 g/mol. The number of nitrogens with zero attached hydrogens (tertiary/aromatic N) is 3. The van der Waals surface area contributed by atoms with Crippen molar-refractivity contribution in [3.63, 3.8) is 0 Å². The molecule has 0 fully saturated rings. The van der Waals surface area contributed by atoms with E-state index in [9.17, 15) is 13.2 Å². The van der Waals surface area contributed by atoms with Crippen LogP contribution in [0.1, 0.15) is 22.4 Å². The molecule has 0 unspecified atom stereocenters. The minimum absolute atomic E-state index is 0.217. The minimum Gasteiger partial charge on any atom is -0.306 e. The van der Waals surface area contributed by atoms with Gasteiger partial charge < -0.3 is 4.57 Å². The molecule has 0 bridgehead atoms. The van der Waals surface area contributed by atoms with Crippen LogP contribution in [0.25, 0.3) is 5.69 Å². The molecule has 150 valence electrons. The zero-order valence-corrected chi connectivity index (χ0v) is 16.1. The van der Waals surface area contributed by atoms with Crippen molar-refractivity contribution in [2.45, 2.75) is 13.1 Å². The van der Waals surface area contributed by atoms with Crippen LogP contribution in [0.2, 0.25) is 0 Å². The quantitative estimate of drug-likeness (QED) is 0.363. The second-order valence-electron chi connectivity index (χ2n) is 6.85. The number of aliphatic imine (C=N–C) groups is 1. The summed E-state index contributed by atoms with van der Waals surface area (Å²) < 4.78 is 42.3. The molecule has 3 aromatic carbocycles. The molecule has 0 atom stereocenters. The number of imidazole rings is 1. The lowest BCUT2D eigenvalue weighted by Gasteiger charge is -2.13. The van der Waals surface area contributed by atoms with Gasteiger partial charge in [0.15, 0.2) is 0 Å². The molecule has 30 heavy (non-hydrogen) atoms. The number of hydrogen-bond donors (Lipinski definition) is 0. The third kappa shape index (κ3) is 4.33. The maximum absolute atomic E-state index is 13.6. The number of rotatable bonds is 4. The van der Waals surface area contributed by atoms with Crippen molar-refractivity contribution >= 4 is 11.4 Å². The van der Waals surface area contributed by atoms with Crippen molar-refractivity contribution in [2.24, 2.45) is 4.99 Å². The van der Waals surface area contributed by atoms with Gasteiger partial charge >= 0.3 is 6.18 Å². The minimum atomic E-state index is -4.49. The fraction of sp³-hybridized carbons (Fsp3) is 0.0833. The van der Waals surface area contributed by atoms with E-state index >= 15 is 0 Å². The zero-order valence-electron chi connectivity index (χ0n) is 16.1. The summed E-state index contributed by atoms with van der Waals surface area (Å²) in [5.74, 6) is 0. The molecule has 3 nitrogen and oxygen atoms in total. The number of aromatic nitrogens is 2. The van der Waals surface area contributed by atoms with E-state index in [-0.39, 0.29) is 5.69 Å². The Kier molecular flexibility index (Phi) is 5.23. The Morgan fingerprint density at radius 3 is 1.97 bits per heavy atom. The van der Waals surface area contributed by atoms with Gasteiger partial charge in [0.2, 0.25) is 0 Å². The van der Waals surface area contributed by atoms with Crippen molar-refractivity contribution in [3.8, 4) is 5.69 Å². The molecule has 0 spiro atoms. The summed E-state index contributed by atoms with van der Waals surface area (Å²) in [6.45, 7) is 1.78. The van der Waals surface area contributed by atoms with Crippen LogP contribution < -0.4 is 0 Å². The summed E-state index contributed by atoms with van der Waals surface area (Å²) in [6, 6.07) is 22.6. The summed E-state index contributed by atoms with van der Waals surface area (Å²) in [5, 5.41) is 0. The molecule has 0 aliphatic carbocycles. The van der Waals surface area contributed by atoms with Crippen LogP contribution in [0.4, 0.5) is 18.9 Å². The summed E-state index contributed by atoms with van der Waals surface area (Å²) in [7, 11) is 0. The first-order valence-corrected chi connectivity index (χ1v) is 9.33. The van der Waals surface area contributed by atoms with Gasteiger partial charge in [-0.3, -0.25) is 0 Å². The van der Waals surface area contributed by atoms with Crippen LogP contribution in [-0.4, -0.2) is 15.3 Å². The van der Waals surface area contributed by atoms with Gasteiger partial charge in [0.25, 0.3) is 0 Å². The first-order chi connectivity index (χ1) is 14.4. The van der Waals surface area contributed by atoms with E-state index < -0.39 is 11.7 Å². The van der Waals surface area contributed by atoms with E-state index in [0.717, 1.165) is 23.3 Å². The standard InChI is InChI=1S/C24H18F3N3/c1-17-15-30(16-28-17)22-13-20(24(25,26)27)12-21(14-22)29-23(18-8-4-2-5-9-18)19-10-6-3-7-11-19/h2-16H,1H3. The molecular formula is C24H18F3N3. The Morgan fingerprint density at radius 1 is 0.867 bits per heavy atom. The summed E-state index contributed by atoms with van der Waals surface area (Å²) in [5.41, 5.74) is 2.77. The predicted molar refractivity (Wildman–Crippen MR) is 111 cm³/mol. The lowest BCUT2D eigenvalue weighted by molar-refractivity contribution is -0.137. The van der Waals surface area contributed by atoms with Crippen molar-refractivity contribution in [1.29, 1.82) is 0 Å². The third-order valence-corrected chi connectivity index (χ3v) is 4.58. The fourth-order valence-electron chi connectivity index (χ4n) is 3.15. The van der Waals surface area contributed by atoms with Gasteiger partial charge in [-0.15, -0.1) is 0 Å². The molecule has 0 saturated carbocycles. The number of aryl methyl sites for hydroxylation is 1. The Balaban J connectivity index is 1.91. The van der Waals surface area contributed by atoms with Gasteiger partial charge in [-0.05, 0) is 25.1 Å². The number of alkyl halides is 3. The van der Waals surface area contributed by atoms with Crippen LogP contribution in [-0.2, 0) is 6.18 Å². The average molecular weight is 405 g/mol. The molecule has 6 heteroatoms. The van der Waals surface area contributed by atoms with Gasteiger partial charge in [0, 0.05) is 23.0 Å². The molecule has 1 heterocycles. The Morgan fingerprint density at radius 2 is 1.47 bits per heavy atom. The Bertz CT molecular complexity index is 1140. The smallest absolute Gasteiger partial charge is 0.306 e. The van der Waals surface area contributed by atoms with Gasteiger partial charge in [-0.1, -0.05) is 60.7 Å². The maximum atomic E-state index is 13.6. The fourth-order valence-corrected chi connectivity index (χ4v) is 3.15. The van der Waals surface area contributed by atoms with Crippen LogP contribution in [0.15, 0.2) is 96.4 Å². The largest absolute Gasteiger partial charge is 0.416 e. The van der Waals surface area contributed by atoms with E-state index in [2.05, 4.69) is 9.98 Å². The van der Waals surface area contributed by atoms with Gasteiger partial charge in [-0.2, -0.15) is 13.2 Å². The van der Waals surface area contributed by atoms with Crippen LogP contribution in [0.5, 0.6) is 0 Å². The molecule has 1 aromatic heterocycles. The molecule has 0 aliphatic rings. The maximum Gasteiger partial charge on any atom is 0.416 e. The van der Waals surface area contributed by atoms with E-state index in [0.29, 0.717) is 17.1 Å². The first kappa shape index (κ1) is 19.6. The first-order valence-electron chi connectivity index (χ1n) is 9.33. The van der Waals surface area contributed by atoms with E-state index in [1.807, 2.05) is 60.7 Å². The summed E-state index contributed by atoms with van der Waals surface area (Å²) in [6.07, 6.45) is -1.32. The van der Waals surface area contributed by atoms with Crippen LogP contribution in [0.3, 0.4) is 0 Å². The lowest BCUT2D eigenvalue weighted by atomic mass is 10.0. The highest BCUT2D eigenvalue weighted by atomic mass is 19.4. The number of hydrogen-bond acceptors (Lipinski definition) is 2. The van der Waals surface area contributed by atoms with Crippen molar-refractivity contribution in [3.05, 3.63) is 114 Å². The zero-order chi connectivity index (χ0) is 21.1. The van der Waals surface area contributed by atoms with E-state index in [1.165, 1.54) is 6.33 Å². The SMILES string of the molecule is Cc1cn(-c2cc(N=C(c3ccccc3)c3ccccc3)cc(C(F)(F)F)c2)cn1. The predicted octanol–water partition coefficient (Wildman–Crippen LogP) is 6.37. The molecule has 4 rings (SSSR count). The topological polar surface area (TPSA) is 30.2 Å². The Hall–Kier alpha value is -3.67. The van der Waals surface area contributed by atoms with Gasteiger partial charge in [0.1, 0.15) is 0 Å². The average Bonchev–Trinajstić information content (AvgIpc) is 3.19. The highest BCUT2D eigenvalue weighted by Crippen LogP contribution is 2.34. The molecule has 4 aromatic rings. The molecule has 0 amide bonds. The molecule has 0 saturated heterocycles. The molecule has 0 radical (unpaired) electrons. The number of halogens is 3. The van der Waals surface area contributed by atoms with Crippen molar-refractivity contribution in [2.75, 3.05) is 0 Å². The molecule has 0 aliphatic heterocycles. The third-order valence-electron chi connectivity index (χ3n) is 4.58. The highest BCUT2D eigenvalue weighted by Gasteiger charge is 2.31. The van der Waals surface area contributed by atoms with E-state index in [4.69, 9.17) is 0 Å². The second kappa shape index (κ2) is 7.99. The monoisotopic (exact) mass is 405 g/mol. The van der Waals surface area contributed by atoms with E-state index in [1.54, 1.807) is 23.8 Å². The highest BCUT2D eigenvalue weighted by molar-refractivity contribution is 6.13. The lowest BCUT2D eigenvalue weighted by Crippen LogP contribution is -2.07. The number of benzene rings is 3. The van der Waals surface area contributed by atoms with Crippen LogP contribution in [0, 0.1) is 6.92 Å². The van der Waals surface area contributed by atoms with Gasteiger partial charge in [-0.25, -0.2) is 9.98 Å². The Labute approximate surface area is 172 Å². The second-order valence-corrected chi connectivity index (χ2v) is 6.85.